The molecule has 0 spiro atoms. The Morgan fingerprint density at radius 2 is 2.07 bits per heavy atom. The van der Waals surface area contributed by atoms with Gasteiger partial charge in [0, 0.05) is 10.2 Å². The predicted molar refractivity (Wildman–Crippen MR) is 62.3 cm³/mol. The van der Waals surface area contributed by atoms with Crippen LogP contribution in [0.5, 0.6) is 0 Å². The largest absolute Gasteiger partial charge is 0.465 e. The summed E-state index contributed by atoms with van der Waals surface area (Å²) in [6, 6.07) is 1.78. The molecule has 3 nitrogen and oxygen atoms in total. The lowest BCUT2D eigenvalue weighted by molar-refractivity contribution is 0.0598. The van der Waals surface area contributed by atoms with Gasteiger partial charge in [-0.1, -0.05) is 0 Å². The average Bonchev–Trinajstić information content (AvgIpc) is 2.14. The molecule has 0 unspecified atom stereocenters. The molecule has 0 amide bonds. The van der Waals surface area contributed by atoms with E-state index in [1.807, 2.05) is 6.92 Å². The lowest BCUT2D eigenvalue weighted by Crippen LogP contribution is -2.06. The van der Waals surface area contributed by atoms with Crippen molar-refractivity contribution in [2.45, 2.75) is 6.92 Å². The Labute approximate surface area is 98.9 Å². The molecule has 5 heteroatoms. The Hall–Kier alpha value is -0.550. The highest BCUT2D eigenvalue weighted by molar-refractivity contribution is 9.11. The van der Waals surface area contributed by atoms with Crippen LogP contribution >= 0.6 is 31.9 Å². The summed E-state index contributed by atoms with van der Waals surface area (Å²) in [6.07, 6.45) is 0. The van der Waals surface area contributed by atoms with Gasteiger partial charge in [-0.25, -0.2) is 4.79 Å². The number of hydrogen-bond acceptors (Lipinski definition) is 3. The van der Waals surface area contributed by atoms with E-state index in [1.54, 1.807) is 6.07 Å². The number of ether oxygens (including phenoxy) is 1. The third kappa shape index (κ3) is 1.93. The van der Waals surface area contributed by atoms with Gasteiger partial charge in [-0.3, -0.25) is 0 Å². The third-order valence-corrected chi connectivity index (χ3v) is 3.30. The first-order valence-electron chi connectivity index (χ1n) is 3.81. The van der Waals surface area contributed by atoms with Crippen molar-refractivity contribution < 1.29 is 9.53 Å². The molecule has 0 aliphatic carbocycles. The van der Waals surface area contributed by atoms with Gasteiger partial charge in [-0.05, 0) is 50.4 Å². The van der Waals surface area contributed by atoms with Crippen molar-refractivity contribution in [3.8, 4) is 0 Å². The highest BCUT2D eigenvalue weighted by atomic mass is 79.9. The normalized spacial score (nSPS) is 10.0. The first-order valence-corrected chi connectivity index (χ1v) is 5.40. The van der Waals surface area contributed by atoms with Crippen LogP contribution in [0.2, 0.25) is 0 Å². The molecule has 0 fully saturated rings. The van der Waals surface area contributed by atoms with Gasteiger partial charge in [-0.15, -0.1) is 0 Å². The molecule has 0 atom stereocenters. The number of methoxy groups -OCH3 is 1. The van der Waals surface area contributed by atoms with Crippen molar-refractivity contribution in [3.05, 3.63) is 26.1 Å². The predicted octanol–water partition coefficient (Wildman–Crippen LogP) is 2.89. The van der Waals surface area contributed by atoms with E-state index in [0.717, 1.165) is 5.56 Å². The minimum absolute atomic E-state index is 0.413. The first kappa shape index (κ1) is 11.5. The zero-order chi connectivity index (χ0) is 10.9. The molecular weight excluding hydrogens is 314 g/mol. The number of hydrogen-bond donors (Lipinski definition) is 1. The van der Waals surface area contributed by atoms with E-state index >= 15 is 0 Å². The summed E-state index contributed by atoms with van der Waals surface area (Å²) in [5, 5.41) is 0. The van der Waals surface area contributed by atoms with Crippen molar-refractivity contribution in [1.82, 2.24) is 0 Å². The molecule has 2 N–H and O–H groups in total. The molecule has 1 rings (SSSR count). The molecule has 1 aromatic carbocycles. The SMILES string of the molecule is COC(=O)c1c(Br)cc(C)c(N)c1Br. The van der Waals surface area contributed by atoms with Crippen LogP contribution in [0, 0.1) is 6.92 Å². The zero-order valence-electron chi connectivity index (χ0n) is 7.73. The second-order valence-electron chi connectivity index (χ2n) is 2.77. The van der Waals surface area contributed by atoms with Gasteiger partial charge in [0.1, 0.15) is 0 Å². The maximum atomic E-state index is 11.4. The number of nitrogen functional groups attached to an aromatic ring is 1. The molecule has 0 saturated carbocycles. The number of halogens is 2. The summed E-state index contributed by atoms with van der Waals surface area (Å²) >= 11 is 6.55. The highest BCUT2D eigenvalue weighted by Gasteiger charge is 2.18. The first-order chi connectivity index (χ1) is 6.49. The lowest BCUT2D eigenvalue weighted by Gasteiger charge is -2.10. The van der Waals surface area contributed by atoms with E-state index in [-0.39, 0.29) is 0 Å². The van der Waals surface area contributed by atoms with E-state index in [9.17, 15) is 4.79 Å². The second-order valence-corrected chi connectivity index (χ2v) is 4.42. The van der Waals surface area contributed by atoms with Crippen LogP contribution in [0.3, 0.4) is 0 Å². The van der Waals surface area contributed by atoms with Gasteiger partial charge in [0.15, 0.2) is 0 Å². The fraction of sp³-hybridized carbons (Fsp3) is 0.222. The van der Waals surface area contributed by atoms with E-state index < -0.39 is 5.97 Å². The summed E-state index contributed by atoms with van der Waals surface area (Å²) in [6.45, 7) is 1.87. The number of aryl methyl sites for hydroxylation is 1. The van der Waals surface area contributed by atoms with Crippen molar-refractivity contribution in [2.24, 2.45) is 0 Å². The summed E-state index contributed by atoms with van der Waals surface area (Å²) in [5.41, 5.74) is 7.63. The second kappa shape index (κ2) is 4.31. The summed E-state index contributed by atoms with van der Waals surface area (Å²) in [4.78, 5) is 11.4. The molecule has 0 heterocycles. The molecule has 0 aromatic heterocycles. The van der Waals surface area contributed by atoms with Crippen LogP contribution < -0.4 is 5.73 Å². The Kier molecular flexibility index (Phi) is 3.55. The van der Waals surface area contributed by atoms with E-state index in [1.165, 1.54) is 7.11 Å². The van der Waals surface area contributed by atoms with Gasteiger partial charge in [0.05, 0.1) is 17.1 Å². The number of rotatable bonds is 1. The van der Waals surface area contributed by atoms with Crippen LogP contribution in [-0.2, 0) is 4.74 Å². The maximum Gasteiger partial charge on any atom is 0.340 e. The van der Waals surface area contributed by atoms with E-state index in [4.69, 9.17) is 5.73 Å². The molecule has 76 valence electrons. The van der Waals surface area contributed by atoms with Gasteiger partial charge >= 0.3 is 5.97 Å². The fourth-order valence-electron chi connectivity index (χ4n) is 1.04. The highest BCUT2D eigenvalue weighted by Crippen LogP contribution is 2.33. The standard InChI is InChI=1S/C9H9Br2NO2/c1-4-3-5(10)6(9(13)14-2)7(11)8(4)12/h3H,12H2,1-2H3. The third-order valence-electron chi connectivity index (χ3n) is 1.85. The molecular formula is C9H9Br2NO2. The Morgan fingerprint density at radius 3 is 2.57 bits per heavy atom. The van der Waals surface area contributed by atoms with Gasteiger partial charge in [0.2, 0.25) is 0 Å². The fourth-order valence-corrected chi connectivity index (χ4v) is 2.70. The van der Waals surface area contributed by atoms with Crippen molar-refractivity contribution in [1.29, 1.82) is 0 Å². The van der Waals surface area contributed by atoms with Crippen LogP contribution in [-0.4, -0.2) is 13.1 Å². The smallest absolute Gasteiger partial charge is 0.340 e. The average molecular weight is 323 g/mol. The topological polar surface area (TPSA) is 52.3 Å². The Balaban J connectivity index is 3.44. The summed E-state index contributed by atoms with van der Waals surface area (Å²) in [5.74, 6) is -0.421. The number of anilines is 1. The number of nitrogens with two attached hydrogens (primary N) is 1. The monoisotopic (exact) mass is 321 g/mol. The Bertz CT molecular complexity index is 391. The zero-order valence-corrected chi connectivity index (χ0v) is 10.9. The molecule has 1 aromatic rings. The quantitative estimate of drug-likeness (QED) is 0.639. The molecule has 0 radical (unpaired) electrons. The molecule has 0 bridgehead atoms. The van der Waals surface area contributed by atoms with Crippen molar-refractivity contribution in [2.75, 3.05) is 12.8 Å². The number of carbonyl (C=O) groups is 1. The molecule has 0 saturated heterocycles. The van der Waals surface area contributed by atoms with Crippen molar-refractivity contribution >= 4 is 43.5 Å². The van der Waals surface area contributed by atoms with Crippen LogP contribution in [0.4, 0.5) is 5.69 Å². The summed E-state index contributed by atoms with van der Waals surface area (Å²) in [7, 11) is 1.33. The maximum absolute atomic E-state index is 11.4. The van der Waals surface area contributed by atoms with Crippen LogP contribution in [0.1, 0.15) is 15.9 Å². The molecule has 14 heavy (non-hydrogen) atoms. The lowest BCUT2D eigenvalue weighted by atomic mass is 10.1. The van der Waals surface area contributed by atoms with Crippen LogP contribution in [0.15, 0.2) is 15.0 Å². The van der Waals surface area contributed by atoms with Crippen molar-refractivity contribution in [3.63, 3.8) is 0 Å². The van der Waals surface area contributed by atoms with Gasteiger partial charge in [0.25, 0.3) is 0 Å². The van der Waals surface area contributed by atoms with Gasteiger partial charge in [-0.2, -0.15) is 0 Å². The molecule has 0 aliphatic rings. The van der Waals surface area contributed by atoms with Gasteiger partial charge < -0.3 is 10.5 Å². The molecule has 0 aliphatic heterocycles. The minimum Gasteiger partial charge on any atom is -0.465 e. The number of carbonyl (C=O) groups excluding carboxylic acids is 1. The Morgan fingerprint density at radius 1 is 1.50 bits per heavy atom. The minimum atomic E-state index is -0.421. The van der Waals surface area contributed by atoms with E-state index in [2.05, 4.69) is 36.6 Å². The number of esters is 1. The number of benzene rings is 1. The summed E-state index contributed by atoms with van der Waals surface area (Å²) < 4.78 is 5.87. The van der Waals surface area contributed by atoms with Crippen LogP contribution in [0.25, 0.3) is 0 Å². The van der Waals surface area contributed by atoms with E-state index in [0.29, 0.717) is 20.2 Å².